The zero-order valence-electron chi connectivity index (χ0n) is 15.0. The average molecular weight is 398 g/mol. The Morgan fingerprint density at radius 2 is 1.88 bits per heavy atom. The zero-order valence-corrected chi connectivity index (χ0v) is 17.4. The van der Waals surface area contributed by atoms with Crippen molar-refractivity contribution in [2.75, 3.05) is 16.8 Å². The molecule has 7 heteroatoms. The predicted molar refractivity (Wildman–Crippen MR) is 108 cm³/mol. The highest BCUT2D eigenvalue weighted by Crippen LogP contribution is 2.64. The van der Waals surface area contributed by atoms with Crippen molar-refractivity contribution < 1.29 is 4.79 Å². The van der Waals surface area contributed by atoms with Gasteiger partial charge >= 0.3 is 0 Å². The van der Waals surface area contributed by atoms with E-state index in [9.17, 15) is 4.79 Å². The number of hydrogen-bond donors (Lipinski definition) is 1. The van der Waals surface area contributed by atoms with Crippen molar-refractivity contribution in [3.63, 3.8) is 0 Å². The molecule has 0 aromatic carbocycles. The lowest BCUT2D eigenvalue weighted by Crippen LogP contribution is -2.48. The molecule has 2 aliphatic carbocycles. The lowest BCUT2D eigenvalue weighted by Gasteiger charge is -2.51. The predicted octanol–water partition coefficient (Wildman–Crippen LogP) is 4.68. The van der Waals surface area contributed by atoms with Gasteiger partial charge in [-0.15, -0.1) is 33.7 Å². The molecule has 1 saturated heterocycles. The van der Waals surface area contributed by atoms with Crippen molar-refractivity contribution in [3.8, 4) is 0 Å². The molecule has 1 amide bonds. The number of anilines is 1. The Hall–Kier alpha value is -0.270. The van der Waals surface area contributed by atoms with E-state index in [-0.39, 0.29) is 11.8 Å². The molecule has 2 unspecified atom stereocenters. The Bertz CT molecular complexity index is 611. The molecule has 25 heavy (non-hydrogen) atoms. The van der Waals surface area contributed by atoms with E-state index in [1.54, 1.807) is 0 Å². The van der Waals surface area contributed by atoms with Crippen molar-refractivity contribution in [1.29, 1.82) is 0 Å². The van der Waals surface area contributed by atoms with Gasteiger partial charge < -0.3 is 5.32 Å². The second-order valence-electron chi connectivity index (χ2n) is 8.00. The maximum atomic E-state index is 12.8. The first kappa shape index (κ1) is 18.1. The van der Waals surface area contributed by atoms with Crippen LogP contribution in [0.4, 0.5) is 5.13 Å². The molecule has 1 aliphatic heterocycles. The summed E-state index contributed by atoms with van der Waals surface area (Å²) in [6.07, 6.45) is 6.99. The first-order chi connectivity index (χ1) is 12.1. The standard InChI is InChI=1S/C18H27N3OS3/c1-11(2)8-15-20-21-17(25-15)19-16(22)12-9-13-4-3-5-14(10-12)18(13)23-6-7-24-18/h11-14H,3-10H2,1-2H3,(H,19,21,22). The number of carbonyl (C=O) groups is 1. The van der Waals surface area contributed by atoms with Crippen LogP contribution in [0.3, 0.4) is 0 Å². The molecule has 1 aromatic rings. The molecule has 2 atom stereocenters. The van der Waals surface area contributed by atoms with Gasteiger partial charge in [0.15, 0.2) is 0 Å². The van der Waals surface area contributed by atoms with Crippen LogP contribution in [0.5, 0.6) is 0 Å². The summed E-state index contributed by atoms with van der Waals surface area (Å²) < 4.78 is 0.433. The van der Waals surface area contributed by atoms with Crippen molar-refractivity contribution in [2.45, 2.75) is 56.5 Å². The van der Waals surface area contributed by atoms with E-state index in [1.807, 2.05) is 0 Å². The lowest BCUT2D eigenvalue weighted by molar-refractivity contribution is -0.122. The molecule has 138 valence electrons. The fraction of sp³-hybridized carbons (Fsp3) is 0.833. The third-order valence-corrected chi connectivity index (χ3v) is 10.6. The van der Waals surface area contributed by atoms with Crippen LogP contribution in [0.2, 0.25) is 0 Å². The van der Waals surface area contributed by atoms with E-state index < -0.39 is 0 Å². The summed E-state index contributed by atoms with van der Waals surface area (Å²) in [6, 6.07) is 0. The minimum atomic E-state index is 0.153. The second-order valence-corrected chi connectivity index (χ2v) is 12.1. The molecule has 1 aromatic heterocycles. The fourth-order valence-corrected chi connectivity index (χ4v) is 9.66. The maximum Gasteiger partial charge on any atom is 0.229 e. The smallest absolute Gasteiger partial charge is 0.229 e. The van der Waals surface area contributed by atoms with Gasteiger partial charge in [0.1, 0.15) is 5.01 Å². The van der Waals surface area contributed by atoms with E-state index in [4.69, 9.17) is 0 Å². The summed E-state index contributed by atoms with van der Waals surface area (Å²) in [5, 5.41) is 13.2. The number of aromatic nitrogens is 2. The van der Waals surface area contributed by atoms with Crippen LogP contribution in [-0.2, 0) is 11.2 Å². The molecule has 3 fully saturated rings. The van der Waals surface area contributed by atoms with Crippen LogP contribution in [0.1, 0.15) is 51.0 Å². The normalized spacial score (nSPS) is 30.8. The van der Waals surface area contributed by atoms with Crippen LogP contribution in [0.15, 0.2) is 0 Å². The Morgan fingerprint density at radius 1 is 1.20 bits per heavy atom. The Morgan fingerprint density at radius 3 is 2.52 bits per heavy atom. The van der Waals surface area contributed by atoms with Crippen molar-refractivity contribution in [2.24, 2.45) is 23.7 Å². The largest absolute Gasteiger partial charge is 0.300 e. The highest BCUT2D eigenvalue weighted by atomic mass is 32.2. The van der Waals surface area contributed by atoms with E-state index in [0.717, 1.165) is 24.3 Å². The highest BCUT2D eigenvalue weighted by Gasteiger charge is 2.55. The van der Waals surface area contributed by atoms with Crippen molar-refractivity contribution >= 4 is 45.9 Å². The molecule has 0 radical (unpaired) electrons. The zero-order chi connectivity index (χ0) is 17.4. The van der Waals surface area contributed by atoms with Gasteiger partial charge in [0.2, 0.25) is 11.0 Å². The number of carbonyl (C=O) groups excluding carboxylic acids is 1. The molecular weight excluding hydrogens is 370 g/mol. The van der Waals surface area contributed by atoms with Crippen LogP contribution in [0.25, 0.3) is 0 Å². The van der Waals surface area contributed by atoms with Gasteiger partial charge in [-0.05, 0) is 43.4 Å². The summed E-state index contributed by atoms with van der Waals surface area (Å²) in [7, 11) is 0. The third-order valence-electron chi connectivity index (χ3n) is 5.77. The molecule has 4 nitrogen and oxygen atoms in total. The van der Waals surface area contributed by atoms with Gasteiger partial charge in [-0.2, -0.15) is 0 Å². The fourth-order valence-electron chi connectivity index (χ4n) is 4.77. The van der Waals surface area contributed by atoms with E-state index in [1.165, 1.54) is 42.1 Å². The van der Waals surface area contributed by atoms with Crippen LogP contribution >= 0.6 is 34.9 Å². The molecule has 1 spiro atoms. The van der Waals surface area contributed by atoms with Gasteiger partial charge in [-0.3, -0.25) is 4.79 Å². The minimum absolute atomic E-state index is 0.153. The second kappa shape index (κ2) is 7.39. The lowest BCUT2D eigenvalue weighted by atomic mass is 9.67. The first-order valence-corrected chi connectivity index (χ1v) is 12.3. The Labute approximate surface area is 162 Å². The van der Waals surface area contributed by atoms with Crippen LogP contribution in [-0.4, -0.2) is 31.7 Å². The average Bonchev–Trinajstić information content (AvgIpc) is 3.17. The summed E-state index contributed by atoms with van der Waals surface area (Å²) in [5.74, 6) is 4.88. The van der Waals surface area contributed by atoms with E-state index in [2.05, 4.69) is 52.9 Å². The summed E-state index contributed by atoms with van der Waals surface area (Å²) in [5.41, 5.74) is 0. The van der Waals surface area contributed by atoms with Crippen LogP contribution in [0, 0.1) is 23.7 Å². The van der Waals surface area contributed by atoms with E-state index in [0.29, 0.717) is 27.0 Å². The highest BCUT2D eigenvalue weighted by molar-refractivity contribution is 8.21. The minimum Gasteiger partial charge on any atom is -0.300 e. The Balaban J connectivity index is 1.41. The first-order valence-electron chi connectivity index (χ1n) is 9.48. The summed E-state index contributed by atoms with van der Waals surface area (Å²) in [4.78, 5) is 12.8. The van der Waals surface area contributed by atoms with Gasteiger partial charge in [0.25, 0.3) is 0 Å². The van der Waals surface area contributed by atoms with Gasteiger partial charge in [-0.1, -0.05) is 31.6 Å². The van der Waals surface area contributed by atoms with Crippen molar-refractivity contribution in [1.82, 2.24) is 10.2 Å². The molecule has 3 aliphatic rings. The van der Waals surface area contributed by atoms with E-state index >= 15 is 0 Å². The number of amides is 1. The number of rotatable bonds is 4. The molecule has 2 saturated carbocycles. The molecule has 2 heterocycles. The topological polar surface area (TPSA) is 54.9 Å². The summed E-state index contributed by atoms with van der Waals surface area (Å²) in [6.45, 7) is 4.35. The molecular formula is C18H27N3OS3. The maximum absolute atomic E-state index is 12.8. The Kier molecular flexibility index (Phi) is 5.35. The number of thioether (sulfide) groups is 2. The monoisotopic (exact) mass is 397 g/mol. The summed E-state index contributed by atoms with van der Waals surface area (Å²) >= 11 is 5.92. The number of hydrogen-bond acceptors (Lipinski definition) is 6. The van der Waals surface area contributed by atoms with Crippen LogP contribution < -0.4 is 5.32 Å². The molecule has 1 N–H and O–H groups in total. The quantitative estimate of drug-likeness (QED) is 0.799. The third kappa shape index (κ3) is 3.61. The molecule has 4 rings (SSSR count). The number of nitrogens with one attached hydrogen (secondary N) is 1. The van der Waals surface area contributed by atoms with Gasteiger partial charge in [0, 0.05) is 23.8 Å². The number of nitrogens with zero attached hydrogens (tertiary/aromatic N) is 2. The molecule has 2 bridgehead atoms. The SMILES string of the molecule is CC(C)Cc1nnc(NC(=O)C2CC3CCCC(C2)C32SCCS2)s1. The van der Waals surface area contributed by atoms with Gasteiger partial charge in [-0.25, -0.2) is 0 Å². The van der Waals surface area contributed by atoms with Crippen molar-refractivity contribution in [3.05, 3.63) is 5.01 Å². The van der Waals surface area contributed by atoms with Gasteiger partial charge in [0.05, 0.1) is 4.08 Å².